The molecule has 80 valence electrons. The first kappa shape index (κ1) is 11.2. The van der Waals surface area contributed by atoms with Crippen molar-refractivity contribution >= 4 is 5.91 Å². The van der Waals surface area contributed by atoms with Crippen molar-refractivity contribution in [3.05, 3.63) is 12.2 Å². The van der Waals surface area contributed by atoms with Gasteiger partial charge >= 0.3 is 0 Å². The Morgan fingerprint density at radius 3 is 3.07 bits per heavy atom. The van der Waals surface area contributed by atoms with Crippen molar-refractivity contribution in [3.63, 3.8) is 0 Å². The average Bonchev–Trinajstić information content (AvgIpc) is 2.65. The quantitative estimate of drug-likeness (QED) is 0.757. The largest absolute Gasteiger partial charge is 0.352 e. The lowest BCUT2D eigenvalue weighted by molar-refractivity contribution is -0.122. The molecule has 0 spiro atoms. The van der Waals surface area contributed by atoms with Crippen molar-refractivity contribution < 1.29 is 4.79 Å². The molecule has 6 heteroatoms. The average molecular weight is 207 g/mol. The normalized spacial score (nSPS) is 11.8. The molecular formula is C9H13N5O. The number of hydrogen-bond donors (Lipinski definition) is 1. The van der Waals surface area contributed by atoms with E-state index in [9.17, 15) is 4.79 Å². The molecule has 1 amide bonds. The highest BCUT2D eigenvalue weighted by Crippen LogP contribution is 1.90. The van der Waals surface area contributed by atoms with Gasteiger partial charge in [0.1, 0.15) is 18.9 Å². The maximum atomic E-state index is 11.4. The topological polar surface area (TPSA) is 83.6 Å². The van der Waals surface area contributed by atoms with E-state index in [0.29, 0.717) is 0 Å². The Labute approximate surface area is 87.9 Å². The SMILES string of the molecule is CC[C@H](C)NC(=O)Cn1cnc(C#N)n1. The summed E-state index contributed by atoms with van der Waals surface area (Å²) < 4.78 is 1.34. The number of carbonyl (C=O) groups excluding carboxylic acids is 1. The van der Waals surface area contributed by atoms with Gasteiger partial charge in [-0.25, -0.2) is 9.67 Å². The van der Waals surface area contributed by atoms with Crippen LogP contribution in [0.5, 0.6) is 0 Å². The molecule has 0 saturated heterocycles. The van der Waals surface area contributed by atoms with Crippen LogP contribution < -0.4 is 5.32 Å². The molecule has 1 rings (SSSR count). The van der Waals surface area contributed by atoms with Crippen LogP contribution in [0.1, 0.15) is 26.1 Å². The first-order valence-electron chi connectivity index (χ1n) is 4.74. The Morgan fingerprint density at radius 2 is 2.53 bits per heavy atom. The zero-order valence-corrected chi connectivity index (χ0v) is 8.77. The van der Waals surface area contributed by atoms with Crippen LogP contribution in [0, 0.1) is 11.3 Å². The molecule has 1 heterocycles. The summed E-state index contributed by atoms with van der Waals surface area (Å²) in [7, 11) is 0. The van der Waals surface area contributed by atoms with Gasteiger partial charge in [-0.15, -0.1) is 5.10 Å². The molecule has 1 N–H and O–H groups in total. The molecule has 15 heavy (non-hydrogen) atoms. The molecule has 1 aromatic heterocycles. The van der Waals surface area contributed by atoms with E-state index in [1.54, 1.807) is 6.07 Å². The standard InChI is InChI=1S/C9H13N5O/c1-3-7(2)12-9(15)5-14-6-11-8(4-10)13-14/h6-7H,3,5H2,1-2H3,(H,12,15)/t7-/m0/s1. The van der Waals surface area contributed by atoms with Crippen LogP contribution in [0.15, 0.2) is 6.33 Å². The smallest absolute Gasteiger partial charge is 0.252 e. The van der Waals surface area contributed by atoms with Crippen LogP contribution in [0.25, 0.3) is 0 Å². The van der Waals surface area contributed by atoms with Crippen LogP contribution >= 0.6 is 0 Å². The molecule has 1 aromatic rings. The molecule has 0 aliphatic rings. The summed E-state index contributed by atoms with van der Waals surface area (Å²) in [6.07, 6.45) is 2.25. The lowest BCUT2D eigenvalue weighted by Gasteiger charge is -2.10. The lowest BCUT2D eigenvalue weighted by Crippen LogP contribution is -2.34. The second kappa shape index (κ2) is 5.10. The van der Waals surface area contributed by atoms with E-state index in [-0.39, 0.29) is 24.3 Å². The Balaban J connectivity index is 2.48. The fourth-order valence-corrected chi connectivity index (χ4v) is 0.992. The summed E-state index contributed by atoms with van der Waals surface area (Å²) >= 11 is 0. The number of nitrogens with one attached hydrogen (secondary N) is 1. The Hall–Kier alpha value is -1.90. The van der Waals surface area contributed by atoms with E-state index in [4.69, 9.17) is 5.26 Å². The van der Waals surface area contributed by atoms with E-state index in [1.807, 2.05) is 13.8 Å². The predicted molar refractivity (Wildman–Crippen MR) is 52.6 cm³/mol. The molecule has 0 unspecified atom stereocenters. The number of aromatic nitrogens is 3. The highest BCUT2D eigenvalue weighted by atomic mass is 16.2. The number of carbonyl (C=O) groups is 1. The molecule has 0 saturated carbocycles. The summed E-state index contributed by atoms with van der Waals surface area (Å²) in [5.41, 5.74) is 0. The zero-order valence-electron chi connectivity index (χ0n) is 8.77. The van der Waals surface area contributed by atoms with Gasteiger partial charge in [0.2, 0.25) is 5.91 Å². The molecule has 0 aromatic carbocycles. The van der Waals surface area contributed by atoms with Crippen LogP contribution in [0.3, 0.4) is 0 Å². The Bertz CT molecular complexity index is 378. The lowest BCUT2D eigenvalue weighted by atomic mass is 10.2. The second-order valence-electron chi connectivity index (χ2n) is 3.25. The summed E-state index contributed by atoms with van der Waals surface area (Å²) in [5, 5.41) is 15.1. The fourth-order valence-electron chi connectivity index (χ4n) is 0.992. The highest BCUT2D eigenvalue weighted by Gasteiger charge is 2.07. The van der Waals surface area contributed by atoms with Gasteiger partial charge in [-0.2, -0.15) is 5.26 Å². The maximum absolute atomic E-state index is 11.4. The molecular weight excluding hydrogens is 194 g/mol. The number of amides is 1. The number of nitrogens with zero attached hydrogens (tertiary/aromatic N) is 4. The second-order valence-corrected chi connectivity index (χ2v) is 3.25. The minimum Gasteiger partial charge on any atom is -0.352 e. The van der Waals surface area contributed by atoms with Crippen molar-refractivity contribution in [1.29, 1.82) is 5.26 Å². The minimum atomic E-state index is -0.126. The Morgan fingerprint density at radius 1 is 1.80 bits per heavy atom. The number of hydrogen-bond acceptors (Lipinski definition) is 4. The van der Waals surface area contributed by atoms with E-state index in [1.165, 1.54) is 11.0 Å². The first-order valence-corrected chi connectivity index (χ1v) is 4.74. The first-order chi connectivity index (χ1) is 7.15. The molecule has 0 radical (unpaired) electrons. The van der Waals surface area contributed by atoms with Gasteiger partial charge in [0.05, 0.1) is 0 Å². The third-order valence-electron chi connectivity index (χ3n) is 1.96. The molecule has 0 fully saturated rings. The van der Waals surface area contributed by atoms with Crippen molar-refractivity contribution in [2.75, 3.05) is 0 Å². The van der Waals surface area contributed by atoms with Crippen molar-refractivity contribution in [1.82, 2.24) is 20.1 Å². The van der Waals surface area contributed by atoms with Crippen molar-refractivity contribution in [3.8, 4) is 6.07 Å². The molecule has 6 nitrogen and oxygen atoms in total. The molecule has 1 atom stereocenters. The highest BCUT2D eigenvalue weighted by molar-refractivity contribution is 5.75. The van der Waals surface area contributed by atoms with Gasteiger partial charge in [-0.05, 0) is 13.3 Å². The van der Waals surface area contributed by atoms with E-state index in [2.05, 4.69) is 15.4 Å². The van der Waals surface area contributed by atoms with E-state index in [0.717, 1.165) is 6.42 Å². The molecule has 0 bridgehead atoms. The van der Waals surface area contributed by atoms with Gasteiger partial charge in [0.25, 0.3) is 5.82 Å². The monoisotopic (exact) mass is 207 g/mol. The number of rotatable bonds is 4. The Kier molecular flexibility index (Phi) is 3.80. The van der Waals surface area contributed by atoms with Crippen molar-refractivity contribution in [2.24, 2.45) is 0 Å². The van der Waals surface area contributed by atoms with Gasteiger partial charge in [0.15, 0.2) is 0 Å². The summed E-state index contributed by atoms with van der Waals surface area (Å²) in [6, 6.07) is 1.95. The molecule has 0 aliphatic heterocycles. The van der Waals surface area contributed by atoms with Gasteiger partial charge < -0.3 is 5.32 Å². The van der Waals surface area contributed by atoms with E-state index >= 15 is 0 Å². The van der Waals surface area contributed by atoms with Gasteiger partial charge in [-0.1, -0.05) is 6.92 Å². The van der Waals surface area contributed by atoms with Gasteiger partial charge in [0, 0.05) is 6.04 Å². The van der Waals surface area contributed by atoms with Crippen LogP contribution in [0.2, 0.25) is 0 Å². The number of nitriles is 1. The maximum Gasteiger partial charge on any atom is 0.252 e. The fraction of sp³-hybridized carbons (Fsp3) is 0.556. The van der Waals surface area contributed by atoms with Gasteiger partial charge in [-0.3, -0.25) is 4.79 Å². The van der Waals surface area contributed by atoms with Crippen LogP contribution in [-0.2, 0) is 11.3 Å². The molecule has 0 aliphatic carbocycles. The minimum absolute atomic E-state index is 0.0753. The van der Waals surface area contributed by atoms with Crippen molar-refractivity contribution in [2.45, 2.75) is 32.9 Å². The van der Waals surface area contributed by atoms with Crippen LogP contribution in [0.4, 0.5) is 0 Å². The summed E-state index contributed by atoms with van der Waals surface area (Å²) in [6.45, 7) is 4.02. The third-order valence-corrected chi connectivity index (χ3v) is 1.96. The summed E-state index contributed by atoms with van der Waals surface area (Å²) in [4.78, 5) is 15.1. The predicted octanol–water partition coefficient (Wildman–Crippen LogP) is 0.0645. The third kappa shape index (κ3) is 3.38. The summed E-state index contributed by atoms with van der Waals surface area (Å²) in [5.74, 6) is -0.0509. The van der Waals surface area contributed by atoms with Crippen LogP contribution in [-0.4, -0.2) is 26.7 Å². The van der Waals surface area contributed by atoms with E-state index < -0.39 is 0 Å². The zero-order chi connectivity index (χ0) is 11.3.